The Morgan fingerprint density at radius 3 is 2.57 bits per heavy atom. The van der Waals surface area contributed by atoms with Crippen LogP contribution in [0.5, 0.6) is 0 Å². The van der Waals surface area contributed by atoms with Crippen LogP contribution in [0.1, 0.15) is 22.8 Å². The van der Waals surface area contributed by atoms with Gasteiger partial charge in [-0.15, -0.1) is 0 Å². The van der Waals surface area contributed by atoms with Crippen LogP contribution in [0, 0.1) is 0 Å². The van der Waals surface area contributed by atoms with E-state index in [0.29, 0.717) is 19.6 Å². The van der Waals surface area contributed by atoms with Crippen molar-refractivity contribution in [1.29, 1.82) is 0 Å². The molecular formula is C14H17F3N2OS. The summed E-state index contributed by atoms with van der Waals surface area (Å²) in [6.07, 6.45) is -4.48. The second-order valence-electron chi connectivity index (χ2n) is 4.69. The molecule has 0 spiro atoms. The van der Waals surface area contributed by atoms with Crippen molar-refractivity contribution >= 4 is 23.4 Å². The molecule has 1 saturated heterocycles. The Morgan fingerprint density at radius 2 is 2.00 bits per heavy atom. The van der Waals surface area contributed by atoms with Gasteiger partial charge < -0.3 is 10.2 Å². The Balaban J connectivity index is 2.30. The topological polar surface area (TPSA) is 32.3 Å². The number of halogens is 3. The molecule has 1 aromatic rings. The van der Waals surface area contributed by atoms with Gasteiger partial charge in [-0.3, -0.25) is 4.79 Å². The molecule has 0 aromatic heterocycles. The fourth-order valence-electron chi connectivity index (χ4n) is 2.21. The van der Waals surface area contributed by atoms with E-state index in [0.717, 1.165) is 17.6 Å². The molecule has 1 aliphatic rings. The molecule has 21 heavy (non-hydrogen) atoms. The number of anilines is 1. The molecule has 0 aliphatic carbocycles. The van der Waals surface area contributed by atoms with Crippen molar-refractivity contribution in [3.63, 3.8) is 0 Å². The van der Waals surface area contributed by atoms with Gasteiger partial charge in [0.1, 0.15) is 0 Å². The summed E-state index contributed by atoms with van der Waals surface area (Å²) in [5.74, 6) is 1.32. The lowest BCUT2D eigenvalue weighted by atomic mass is 10.1. The Kier molecular flexibility index (Phi) is 5.03. The number of thioether (sulfide) groups is 1. The van der Waals surface area contributed by atoms with E-state index < -0.39 is 11.7 Å². The summed E-state index contributed by atoms with van der Waals surface area (Å²) in [6, 6.07) is 3.73. The highest BCUT2D eigenvalue weighted by molar-refractivity contribution is 7.99. The van der Waals surface area contributed by atoms with Crippen LogP contribution < -0.4 is 5.32 Å². The van der Waals surface area contributed by atoms with E-state index in [1.165, 1.54) is 12.1 Å². The SMILES string of the molecule is CCNc1ccc(C(=O)N2CCSCC2)cc1C(F)(F)F. The quantitative estimate of drug-likeness (QED) is 0.928. The minimum atomic E-state index is -4.48. The van der Waals surface area contributed by atoms with Crippen molar-refractivity contribution in [2.75, 3.05) is 36.5 Å². The molecule has 3 nitrogen and oxygen atoms in total. The first-order chi connectivity index (χ1) is 9.93. The van der Waals surface area contributed by atoms with Gasteiger partial charge in [0, 0.05) is 42.4 Å². The number of carbonyl (C=O) groups is 1. The molecule has 1 N–H and O–H groups in total. The molecule has 1 fully saturated rings. The van der Waals surface area contributed by atoms with E-state index in [4.69, 9.17) is 0 Å². The van der Waals surface area contributed by atoms with Crippen LogP contribution in [0.25, 0.3) is 0 Å². The fraction of sp³-hybridized carbons (Fsp3) is 0.500. The van der Waals surface area contributed by atoms with Crippen molar-refractivity contribution in [2.24, 2.45) is 0 Å². The molecule has 7 heteroatoms. The Bertz CT molecular complexity index is 513. The molecule has 1 heterocycles. The van der Waals surface area contributed by atoms with Gasteiger partial charge in [-0.2, -0.15) is 24.9 Å². The summed E-state index contributed by atoms with van der Waals surface area (Å²) in [5.41, 5.74) is -0.687. The Hall–Kier alpha value is -1.37. The maximum Gasteiger partial charge on any atom is 0.418 e. The lowest BCUT2D eigenvalue weighted by Crippen LogP contribution is -2.38. The average molecular weight is 318 g/mol. The third-order valence-electron chi connectivity index (χ3n) is 3.24. The highest BCUT2D eigenvalue weighted by atomic mass is 32.2. The molecule has 2 rings (SSSR count). The number of nitrogens with zero attached hydrogens (tertiary/aromatic N) is 1. The van der Waals surface area contributed by atoms with Crippen molar-refractivity contribution in [3.8, 4) is 0 Å². The number of alkyl halides is 3. The van der Waals surface area contributed by atoms with Crippen molar-refractivity contribution in [2.45, 2.75) is 13.1 Å². The monoisotopic (exact) mass is 318 g/mol. The first kappa shape index (κ1) is 16.0. The van der Waals surface area contributed by atoms with E-state index in [9.17, 15) is 18.0 Å². The first-order valence-electron chi connectivity index (χ1n) is 6.75. The van der Waals surface area contributed by atoms with Gasteiger partial charge in [0.15, 0.2) is 0 Å². The number of nitrogens with one attached hydrogen (secondary N) is 1. The molecule has 1 amide bonds. The zero-order valence-corrected chi connectivity index (χ0v) is 12.5. The minimum Gasteiger partial charge on any atom is -0.385 e. The van der Waals surface area contributed by atoms with Crippen LogP contribution in [0.3, 0.4) is 0 Å². The summed E-state index contributed by atoms with van der Waals surface area (Å²) in [5, 5.41) is 2.68. The van der Waals surface area contributed by atoms with E-state index >= 15 is 0 Å². The lowest BCUT2D eigenvalue weighted by molar-refractivity contribution is -0.137. The number of hydrogen-bond acceptors (Lipinski definition) is 3. The standard InChI is InChI=1S/C14H17F3N2OS/c1-2-18-12-4-3-10(9-11(12)14(15,16)17)13(20)19-5-7-21-8-6-19/h3-4,9,18H,2,5-8H2,1H3. The maximum atomic E-state index is 13.1. The normalized spacial score (nSPS) is 15.9. The second-order valence-corrected chi connectivity index (χ2v) is 5.92. The fourth-order valence-corrected chi connectivity index (χ4v) is 3.11. The first-order valence-corrected chi connectivity index (χ1v) is 7.91. The maximum absolute atomic E-state index is 13.1. The number of carbonyl (C=O) groups excluding carboxylic acids is 1. The highest BCUT2D eigenvalue weighted by Gasteiger charge is 2.34. The third kappa shape index (κ3) is 3.84. The average Bonchev–Trinajstić information content (AvgIpc) is 2.47. The summed E-state index contributed by atoms with van der Waals surface area (Å²) >= 11 is 1.74. The Morgan fingerprint density at radius 1 is 1.33 bits per heavy atom. The highest BCUT2D eigenvalue weighted by Crippen LogP contribution is 2.35. The van der Waals surface area contributed by atoms with Crippen molar-refractivity contribution < 1.29 is 18.0 Å². The molecule has 1 aliphatic heterocycles. The van der Waals surface area contributed by atoms with E-state index in [1.54, 1.807) is 23.6 Å². The van der Waals surface area contributed by atoms with Crippen LogP contribution >= 0.6 is 11.8 Å². The van der Waals surface area contributed by atoms with Crippen LogP contribution in [0.15, 0.2) is 18.2 Å². The number of amides is 1. The van der Waals surface area contributed by atoms with Gasteiger partial charge in [-0.25, -0.2) is 0 Å². The van der Waals surface area contributed by atoms with Crippen LogP contribution in [0.4, 0.5) is 18.9 Å². The van der Waals surface area contributed by atoms with Gasteiger partial charge in [0.25, 0.3) is 5.91 Å². The lowest BCUT2D eigenvalue weighted by Gasteiger charge is -2.27. The third-order valence-corrected chi connectivity index (χ3v) is 4.18. The predicted molar refractivity (Wildman–Crippen MR) is 78.8 cm³/mol. The van der Waals surface area contributed by atoms with Crippen LogP contribution in [-0.2, 0) is 6.18 Å². The van der Waals surface area contributed by atoms with Crippen molar-refractivity contribution in [3.05, 3.63) is 29.3 Å². The molecule has 0 radical (unpaired) electrons. The molecule has 0 atom stereocenters. The molecule has 116 valence electrons. The number of benzene rings is 1. The molecule has 1 aromatic carbocycles. The van der Waals surface area contributed by atoms with E-state index in [-0.39, 0.29) is 17.2 Å². The molecule has 0 bridgehead atoms. The van der Waals surface area contributed by atoms with Crippen molar-refractivity contribution in [1.82, 2.24) is 4.90 Å². The molecule has 0 unspecified atom stereocenters. The number of hydrogen-bond donors (Lipinski definition) is 1. The zero-order chi connectivity index (χ0) is 15.5. The number of rotatable bonds is 3. The van der Waals surface area contributed by atoms with E-state index in [2.05, 4.69) is 5.32 Å². The van der Waals surface area contributed by atoms with Crippen LogP contribution in [-0.4, -0.2) is 41.9 Å². The van der Waals surface area contributed by atoms with Gasteiger partial charge in [-0.1, -0.05) is 0 Å². The minimum absolute atomic E-state index is 0.00995. The van der Waals surface area contributed by atoms with Gasteiger partial charge >= 0.3 is 6.18 Å². The summed E-state index contributed by atoms with van der Waals surface area (Å²) in [4.78, 5) is 13.9. The van der Waals surface area contributed by atoms with E-state index in [1.807, 2.05) is 0 Å². The zero-order valence-electron chi connectivity index (χ0n) is 11.7. The Labute approximate surface area is 125 Å². The van der Waals surface area contributed by atoms with Gasteiger partial charge in [0.2, 0.25) is 0 Å². The summed E-state index contributed by atoms with van der Waals surface area (Å²) in [7, 11) is 0. The summed E-state index contributed by atoms with van der Waals surface area (Å²) < 4.78 is 39.3. The smallest absolute Gasteiger partial charge is 0.385 e. The molecule has 0 saturated carbocycles. The summed E-state index contributed by atoms with van der Waals surface area (Å²) in [6.45, 7) is 3.28. The van der Waals surface area contributed by atoms with Gasteiger partial charge in [0.05, 0.1) is 5.56 Å². The van der Waals surface area contributed by atoms with Crippen LogP contribution in [0.2, 0.25) is 0 Å². The predicted octanol–water partition coefficient (Wildman–Crippen LogP) is 3.33. The van der Waals surface area contributed by atoms with Gasteiger partial charge in [-0.05, 0) is 25.1 Å². The second kappa shape index (κ2) is 6.60. The molecular weight excluding hydrogens is 301 g/mol. The largest absolute Gasteiger partial charge is 0.418 e.